The second kappa shape index (κ2) is 13.6. The maximum Gasteiger partial charge on any atom is 0.0313 e. The summed E-state index contributed by atoms with van der Waals surface area (Å²) in [6.07, 6.45) is 9.76. The Balaban J connectivity index is 0. The number of hydrogen-bond acceptors (Lipinski definition) is 1. The lowest BCUT2D eigenvalue weighted by Crippen LogP contribution is -2.38. The minimum atomic E-state index is 0.404. The summed E-state index contributed by atoms with van der Waals surface area (Å²) in [5.41, 5.74) is 2.62. The van der Waals surface area contributed by atoms with Crippen molar-refractivity contribution >= 4 is 0 Å². The topological polar surface area (TPSA) is 12.0 Å². The first-order valence-corrected chi connectivity index (χ1v) is 7.74. The van der Waals surface area contributed by atoms with E-state index < -0.39 is 0 Å². The van der Waals surface area contributed by atoms with Crippen LogP contribution in [-0.4, -0.2) is 12.1 Å². The molecule has 1 nitrogen and oxygen atoms in total. The van der Waals surface area contributed by atoms with E-state index in [0.29, 0.717) is 12.1 Å². The van der Waals surface area contributed by atoms with Crippen LogP contribution in [0.3, 0.4) is 0 Å². The van der Waals surface area contributed by atoms with E-state index in [2.05, 4.69) is 57.8 Å². The molecule has 0 aliphatic carbocycles. The standard InChI is InChI=1S/C16H29N.C2H6/c1-7-10-11-14(6)12-16(13(4)5)17-15(8-2)9-3;1-2/h7,10-11,15-17H,4,8-9,12H2,1-3,5-6H3;1-2H3/b10-7-,14-11+;. The quantitative estimate of drug-likeness (QED) is 0.442. The van der Waals surface area contributed by atoms with Crippen LogP contribution in [-0.2, 0) is 0 Å². The largest absolute Gasteiger partial charge is 0.307 e. The van der Waals surface area contributed by atoms with Gasteiger partial charge in [0.15, 0.2) is 0 Å². The Morgan fingerprint density at radius 1 is 1.16 bits per heavy atom. The highest BCUT2D eigenvalue weighted by molar-refractivity contribution is 5.15. The average molecular weight is 265 g/mol. The van der Waals surface area contributed by atoms with E-state index in [0.717, 1.165) is 6.42 Å². The van der Waals surface area contributed by atoms with Gasteiger partial charge in [0.2, 0.25) is 0 Å². The van der Waals surface area contributed by atoms with Gasteiger partial charge in [-0.25, -0.2) is 0 Å². The van der Waals surface area contributed by atoms with Crippen molar-refractivity contribution in [3.8, 4) is 0 Å². The molecule has 1 atom stereocenters. The molecule has 0 aromatic heterocycles. The molecular formula is C18H35N. The minimum absolute atomic E-state index is 0.404. The molecule has 0 aromatic carbocycles. The molecule has 0 fully saturated rings. The van der Waals surface area contributed by atoms with Crippen molar-refractivity contribution in [2.24, 2.45) is 0 Å². The van der Waals surface area contributed by atoms with E-state index in [4.69, 9.17) is 0 Å². The van der Waals surface area contributed by atoms with Crippen LogP contribution in [0.2, 0.25) is 0 Å². The molecule has 0 aliphatic rings. The highest BCUT2D eigenvalue weighted by Gasteiger charge is 2.13. The highest BCUT2D eigenvalue weighted by Crippen LogP contribution is 2.13. The maximum absolute atomic E-state index is 4.10. The van der Waals surface area contributed by atoms with Crippen LogP contribution >= 0.6 is 0 Å². The van der Waals surface area contributed by atoms with Crippen molar-refractivity contribution in [2.45, 2.75) is 79.8 Å². The van der Waals surface area contributed by atoms with Gasteiger partial charge in [-0.2, -0.15) is 0 Å². The normalized spacial score (nSPS) is 13.4. The monoisotopic (exact) mass is 265 g/mol. The van der Waals surface area contributed by atoms with Gasteiger partial charge in [-0.3, -0.25) is 0 Å². The summed E-state index contributed by atoms with van der Waals surface area (Å²) in [5, 5.41) is 3.70. The summed E-state index contributed by atoms with van der Waals surface area (Å²) in [7, 11) is 0. The summed E-state index contributed by atoms with van der Waals surface area (Å²) < 4.78 is 0. The molecule has 0 radical (unpaired) electrons. The van der Waals surface area contributed by atoms with Gasteiger partial charge < -0.3 is 5.32 Å². The predicted molar refractivity (Wildman–Crippen MR) is 90.6 cm³/mol. The van der Waals surface area contributed by atoms with Gasteiger partial charge >= 0.3 is 0 Å². The maximum atomic E-state index is 4.10. The van der Waals surface area contributed by atoms with E-state index in [1.165, 1.54) is 24.0 Å². The predicted octanol–water partition coefficient (Wildman–Crippen LogP) is 5.65. The van der Waals surface area contributed by atoms with Crippen LogP contribution in [0.15, 0.2) is 36.0 Å². The fourth-order valence-corrected chi connectivity index (χ4v) is 1.83. The van der Waals surface area contributed by atoms with Crippen molar-refractivity contribution in [2.75, 3.05) is 0 Å². The Kier molecular flexibility index (Phi) is 14.7. The lowest BCUT2D eigenvalue weighted by molar-refractivity contribution is 0.433. The minimum Gasteiger partial charge on any atom is -0.307 e. The highest BCUT2D eigenvalue weighted by atomic mass is 14.9. The van der Waals surface area contributed by atoms with Gasteiger partial charge in [-0.1, -0.05) is 63.6 Å². The van der Waals surface area contributed by atoms with Gasteiger partial charge in [0.1, 0.15) is 0 Å². The van der Waals surface area contributed by atoms with Crippen LogP contribution < -0.4 is 5.32 Å². The molecule has 0 spiro atoms. The van der Waals surface area contributed by atoms with Gasteiger partial charge in [-0.05, 0) is 40.0 Å². The second-order valence-electron chi connectivity index (χ2n) is 4.82. The summed E-state index contributed by atoms with van der Waals surface area (Å²) in [4.78, 5) is 0. The molecule has 19 heavy (non-hydrogen) atoms. The zero-order chi connectivity index (χ0) is 15.3. The Labute approximate surface area is 121 Å². The number of hydrogen-bond donors (Lipinski definition) is 1. The second-order valence-corrected chi connectivity index (χ2v) is 4.82. The van der Waals surface area contributed by atoms with Crippen molar-refractivity contribution in [1.29, 1.82) is 0 Å². The van der Waals surface area contributed by atoms with Gasteiger partial charge in [0.05, 0.1) is 0 Å². The molecule has 0 saturated heterocycles. The third kappa shape index (κ3) is 10.8. The molecule has 0 heterocycles. The molecule has 0 rings (SSSR count). The summed E-state index contributed by atoms with van der Waals surface area (Å²) in [5.74, 6) is 0. The molecule has 1 heteroatoms. The van der Waals surface area contributed by atoms with E-state index in [1.807, 2.05) is 20.8 Å². The summed E-state index contributed by atoms with van der Waals surface area (Å²) >= 11 is 0. The Bertz CT molecular complexity index is 269. The molecule has 112 valence electrons. The Morgan fingerprint density at radius 3 is 2.05 bits per heavy atom. The number of nitrogens with one attached hydrogen (secondary N) is 1. The van der Waals surface area contributed by atoms with Crippen molar-refractivity contribution in [3.63, 3.8) is 0 Å². The lowest BCUT2D eigenvalue weighted by atomic mass is 9.99. The van der Waals surface area contributed by atoms with Crippen LogP contribution in [0.25, 0.3) is 0 Å². The van der Waals surface area contributed by atoms with E-state index in [1.54, 1.807) is 0 Å². The fraction of sp³-hybridized carbons (Fsp3) is 0.667. The fourth-order valence-electron chi connectivity index (χ4n) is 1.83. The molecule has 0 amide bonds. The zero-order valence-electron chi connectivity index (χ0n) is 14.2. The van der Waals surface area contributed by atoms with E-state index in [9.17, 15) is 0 Å². The van der Waals surface area contributed by atoms with E-state index >= 15 is 0 Å². The SMILES string of the molecule is C=C(C)C(C/C(C)=C/C=C\C)NC(CC)CC.CC. The van der Waals surface area contributed by atoms with Gasteiger partial charge in [-0.15, -0.1) is 0 Å². The van der Waals surface area contributed by atoms with Crippen LogP contribution in [0, 0.1) is 0 Å². The van der Waals surface area contributed by atoms with Gasteiger partial charge in [0, 0.05) is 12.1 Å². The third-order valence-electron chi connectivity index (χ3n) is 3.12. The first-order chi connectivity index (χ1) is 9.04. The average Bonchev–Trinajstić information content (AvgIpc) is 2.43. The molecule has 1 unspecified atom stereocenters. The van der Waals surface area contributed by atoms with Gasteiger partial charge in [0.25, 0.3) is 0 Å². The first kappa shape index (κ1) is 20.5. The Morgan fingerprint density at radius 2 is 1.68 bits per heavy atom. The van der Waals surface area contributed by atoms with Crippen LogP contribution in [0.1, 0.15) is 67.7 Å². The summed E-state index contributed by atoms with van der Waals surface area (Å²) in [6, 6.07) is 1.01. The smallest absolute Gasteiger partial charge is 0.0313 e. The number of rotatable bonds is 8. The first-order valence-electron chi connectivity index (χ1n) is 7.74. The molecular weight excluding hydrogens is 230 g/mol. The van der Waals surface area contributed by atoms with Crippen molar-refractivity contribution in [1.82, 2.24) is 5.32 Å². The molecule has 0 aliphatic heterocycles. The molecule has 0 saturated carbocycles. The molecule has 1 N–H and O–H groups in total. The number of allylic oxidation sites excluding steroid dienone is 3. The van der Waals surface area contributed by atoms with Crippen LogP contribution in [0.4, 0.5) is 0 Å². The molecule has 0 bridgehead atoms. The van der Waals surface area contributed by atoms with E-state index in [-0.39, 0.29) is 0 Å². The Hall–Kier alpha value is -0.820. The van der Waals surface area contributed by atoms with Crippen molar-refractivity contribution < 1.29 is 0 Å². The van der Waals surface area contributed by atoms with Crippen molar-refractivity contribution in [3.05, 3.63) is 36.0 Å². The summed E-state index contributed by atoms with van der Waals surface area (Å²) in [6.45, 7) is 18.9. The molecule has 0 aromatic rings. The van der Waals surface area contributed by atoms with Crippen LogP contribution in [0.5, 0.6) is 0 Å². The third-order valence-corrected chi connectivity index (χ3v) is 3.12. The lowest BCUT2D eigenvalue weighted by Gasteiger charge is -2.25. The zero-order valence-corrected chi connectivity index (χ0v) is 14.2.